The van der Waals surface area contributed by atoms with Gasteiger partial charge in [-0.3, -0.25) is 0 Å². The Hall–Kier alpha value is -0.810. The summed E-state index contributed by atoms with van der Waals surface area (Å²) in [5.74, 6) is 0.870. The third-order valence-electron chi connectivity index (χ3n) is 5.16. The van der Waals surface area contributed by atoms with Gasteiger partial charge in [-0.15, -0.1) is 0 Å². The predicted molar refractivity (Wildman–Crippen MR) is 88.9 cm³/mol. The average molecular weight is 311 g/mol. The maximum absolute atomic E-state index is 12.1. The van der Waals surface area contributed by atoms with Crippen molar-refractivity contribution in [2.24, 2.45) is 5.92 Å². The Morgan fingerprint density at radius 3 is 2.68 bits per heavy atom. The zero-order valence-corrected chi connectivity index (χ0v) is 14.2. The highest BCUT2D eigenvalue weighted by molar-refractivity contribution is 5.75. The molecule has 0 bridgehead atoms. The second kappa shape index (κ2) is 8.16. The number of nitrogens with one attached hydrogen (secondary N) is 2. The maximum Gasteiger partial charge on any atom is 0.315 e. The van der Waals surface area contributed by atoms with E-state index in [1.807, 2.05) is 6.92 Å². The van der Waals surface area contributed by atoms with Crippen molar-refractivity contribution >= 4 is 6.03 Å². The highest BCUT2D eigenvalue weighted by atomic mass is 16.3. The van der Waals surface area contributed by atoms with Crippen molar-refractivity contribution in [3.05, 3.63) is 0 Å². The molecular formula is C17H33N3O2. The van der Waals surface area contributed by atoms with Crippen molar-refractivity contribution in [3.8, 4) is 0 Å². The molecule has 5 nitrogen and oxygen atoms in total. The van der Waals surface area contributed by atoms with E-state index in [1.54, 1.807) is 0 Å². The lowest BCUT2D eigenvalue weighted by Gasteiger charge is -2.29. The number of carbonyl (C=O) groups is 1. The van der Waals surface area contributed by atoms with Crippen LogP contribution in [0.3, 0.4) is 0 Å². The minimum absolute atomic E-state index is 0.0211. The first-order valence-corrected chi connectivity index (χ1v) is 8.96. The van der Waals surface area contributed by atoms with Gasteiger partial charge in [0.25, 0.3) is 0 Å². The molecule has 0 aromatic carbocycles. The Kier molecular flexibility index (Phi) is 6.50. The minimum Gasteiger partial charge on any atom is -0.394 e. The molecule has 1 saturated heterocycles. The number of rotatable bonds is 7. The summed E-state index contributed by atoms with van der Waals surface area (Å²) in [5, 5.41) is 15.5. The van der Waals surface area contributed by atoms with Gasteiger partial charge in [0.1, 0.15) is 0 Å². The third-order valence-corrected chi connectivity index (χ3v) is 5.16. The highest BCUT2D eigenvalue weighted by Crippen LogP contribution is 2.26. The molecule has 1 aliphatic carbocycles. The second-order valence-electron chi connectivity index (χ2n) is 7.46. The molecule has 2 unspecified atom stereocenters. The maximum atomic E-state index is 12.1. The molecule has 1 saturated carbocycles. The summed E-state index contributed by atoms with van der Waals surface area (Å²) in [5.41, 5.74) is -0.513. The Labute approximate surface area is 134 Å². The lowest BCUT2D eigenvalue weighted by Crippen LogP contribution is -2.54. The molecule has 0 aromatic rings. The predicted octanol–water partition coefficient (Wildman–Crippen LogP) is 2.10. The van der Waals surface area contributed by atoms with Crippen molar-refractivity contribution in [1.29, 1.82) is 0 Å². The SMILES string of the molecule is CCCC(C)(CO)NC(=O)NC1CCN(CC2CCCC2)C1. The number of nitrogens with zero attached hydrogens (tertiary/aromatic N) is 1. The lowest BCUT2D eigenvalue weighted by atomic mass is 9.97. The smallest absolute Gasteiger partial charge is 0.315 e. The summed E-state index contributed by atoms with van der Waals surface area (Å²) in [6.45, 7) is 7.19. The number of hydrogen-bond acceptors (Lipinski definition) is 3. The molecule has 0 spiro atoms. The first-order valence-electron chi connectivity index (χ1n) is 8.96. The van der Waals surface area contributed by atoms with E-state index in [0.29, 0.717) is 0 Å². The fourth-order valence-electron chi connectivity index (χ4n) is 3.90. The van der Waals surface area contributed by atoms with E-state index in [2.05, 4.69) is 22.5 Å². The van der Waals surface area contributed by atoms with Crippen molar-refractivity contribution in [3.63, 3.8) is 0 Å². The number of amides is 2. The summed E-state index contributed by atoms with van der Waals surface area (Å²) in [6, 6.07) is 0.101. The third kappa shape index (κ3) is 5.13. The summed E-state index contributed by atoms with van der Waals surface area (Å²) >= 11 is 0. The van der Waals surface area contributed by atoms with Gasteiger partial charge in [0.2, 0.25) is 0 Å². The number of hydrogen-bond donors (Lipinski definition) is 3. The second-order valence-corrected chi connectivity index (χ2v) is 7.46. The summed E-state index contributed by atoms with van der Waals surface area (Å²) in [4.78, 5) is 14.6. The van der Waals surface area contributed by atoms with E-state index in [0.717, 1.165) is 38.3 Å². The van der Waals surface area contributed by atoms with Crippen LogP contribution in [-0.2, 0) is 0 Å². The molecular weight excluding hydrogens is 278 g/mol. The molecule has 2 amide bonds. The summed E-state index contributed by atoms with van der Waals surface area (Å²) in [6.07, 6.45) is 8.29. The van der Waals surface area contributed by atoms with Gasteiger partial charge in [0.15, 0.2) is 0 Å². The van der Waals surface area contributed by atoms with Crippen LogP contribution < -0.4 is 10.6 Å². The van der Waals surface area contributed by atoms with Gasteiger partial charge in [-0.1, -0.05) is 26.2 Å². The molecule has 2 rings (SSSR count). The van der Waals surface area contributed by atoms with E-state index in [9.17, 15) is 9.90 Å². The molecule has 1 heterocycles. The summed E-state index contributed by atoms with van der Waals surface area (Å²) in [7, 11) is 0. The molecule has 2 atom stereocenters. The zero-order valence-electron chi connectivity index (χ0n) is 14.2. The Bertz CT molecular complexity index is 358. The van der Waals surface area contributed by atoms with Crippen LogP contribution in [0.25, 0.3) is 0 Å². The molecule has 2 fully saturated rings. The number of likely N-dealkylation sites (tertiary alicyclic amines) is 1. The van der Waals surface area contributed by atoms with Crippen LogP contribution in [-0.4, -0.2) is 53.9 Å². The summed E-state index contributed by atoms with van der Waals surface area (Å²) < 4.78 is 0. The van der Waals surface area contributed by atoms with Crippen LogP contribution in [0.1, 0.15) is 58.8 Å². The molecule has 3 N–H and O–H groups in total. The molecule has 2 aliphatic rings. The molecule has 0 aromatic heterocycles. The number of aliphatic hydroxyl groups excluding tert-OH is 1. The Morgan fingerprint density at radius 1 is 1.32 bits per heavy atom. The van der Waals surface area contributed by atoms with Crippen LogP contribution in [0.4, 0.5) is 4.79 Å². The topological polar surface area (TPSA) is 64.6 Å². The van der Waals surface area contributed by atoms with Crippen LogP contribution in [0.5, 0.6) is 0 Å². The lowest BCUT2D eigenvalue weighted by molar-refractivity contribution is 0.162. The quantitative estimate of drug-likeness (QED) is 0.674. The van der Waals surface area contributed by atoms with Crippen molar-refractivity contribution in [1.82, 2.24) is 15.5 Å². The van der Waals surface area contributed by atoms with Crippen LogP contribution in [0, 0.1) is 5.92 Å². The van der Waals surface area contributed by atoms with Gasteiger partial charge in [-0.2, -0.15) is 0 Å². The molecule has 128 valence electrons. The van der Waals surface area contributed by atoms with Crippen LogP contribution >= 0.6 is 0 Å². The molecule has 0 radical (unpaired) electrons. The van der Waals surface area contributed by atoms with Gasteiger partial charge >= 0.3 is 6.03 Å². The van der Waals surface area contributed by atoms with Gasteiger partial charge < -0.3 is 20.6 Å². The average Bonchev–Trinajstić information content (AvgIpc) is 3.11. The standard InChI is InChI=1S/C17H33N3O2/c1-3-9-17(2,13-21)19-16(22)18-15-8-10-20(12-15)11-14-6-4-5-7-14/h14-15,21H,3-13H2,1-2H3,(H2,18,19,22). The van der Waals surface area contributed by atoms with E-state index >= 15 is 0 Å². The van der Waals surface area contributed by atoms with E-state index in [-0.39, 0.29) is 18.7 Å². The van der Waals surface area contributed by atoms with Crippen molar-refractivity contribution in [2.75, 3.05) is 26.2 Å². The zero-order chi connectivity index (χ0) is 16.0. The molecule has 1 aliphatic heterocycles. The van der Waals surface area contributed by atoms with Gasteiger partial charge in [0, 0.05) is 25.7 Å². The number of carbonyl (C=O) groups excluding carboxylic acids is 1. The first kappa shape index (κ1) is 17.5. The molecule has 22 heavy (non-hydrogen) atoms. The Balaban J connectivity index is 1.71. The number of aliphatic hydroxyl groups is 1. The van der Waals surface area contributed by atoms with E-state index in [4.69, 9.17) is 0 Å². The Morgan fingerprint density at radius 2 is 2.05 bits per heavy atom. The van der Waals surface area contributed by atoms with Crippen LogP contribution in [0.2, 0.25) is 0 Å². The number of urea groups is 1. The van der Waals surface area contributed by atoms with Crippen molar-refractivity contribution in [2.45, 2.75) is 70.4 Å². The van der Waals surface area contributed by atoms with Gasteiger partial charge in [-0.25, -0.2) is 4.79 Å². The van der Waals surface area contributed by atoms with Gasteiger partial charge in [0.05, 0.1) is 12.1 Å². The fraction of sp³-hybridized carbons (Fsp3) is 0.941. The normalized spacial score (nSPS) is 26.0. The van der Waals surface area contributed by atoms with E-state index < -0.39 is 5.54 Å². The van der Waals surface area contributed by atoms with E-state index in [1.165, 1.54) is 32.2 Å². The highest BCUT2D eigenvalue weighted by Gasteiger charge is 2.29. The molecule has 5 heteroatoms. The monoisotopic (exact) mass is 311 g/mol. The first-order chi connectivity index (χ1) is 10.5. The minimum atomic E-state index is -0.513. The van der Waals surface area contributed by atoms with Gasteiger partial charge in [-0.05, 0) is 38.5 Å². The van der Waals surface area contributed by atoms with Crippen LogP contribution in [0.15, 0.2) is 0 Å². The largest absolute Gasteiger partial charge is 0.394 e. The van der Waals surface area contributed by atoms with Crippen molar-refractivity contribution < 1.29 is 9.90 Å². The fourth-order valence-corrected chi connectivity index (χ4v) is 3.90.